The number of nitrogens with zero attached hydrogens (tertiary/aromatic N) is 1. The number of methoxy groups -OCH3 is 2. The van der Waals surface area contributed by atoms with Crippen LogP contribution in [0.25, 0.3) is 6.08 Å². The first-order valence-corrected chi connectivity index (χ1v) is 13.7. The van der Waals surface area contributed by atoms with Crippen LogP contribution in [0.5, 0.6) is 5.75 Å². The summed E-state index contributed by atoms with van der Waals surface area (Å²) in [5, 5.41) is 0. The molecule has 200 valence electrons. The number of esters is 1. The number of para-hydroxylation sites is 1. The smallest absolute Gasteiger partial charge is 0.314 e. The highest BCUT2D eigenvalue weighted by Gasteiger charge is 2.71. The molecular formula is C34H35NO4. The highest BCUT2D eigenvalue weighted by Crippen LogP contribution is 2.69. The van der Waals surface area contributed by atoms with Gasteiger partial charge in [0.05, 0.1) is 19.6 Å². The molecule has 1 saturated heterocycles. The minimum atomic E-state index is -0.798. The lowest BCUT2D eigenvalue weighted by Gasteiger charge is -2.59. The van der Waals surface area contributed by atoms with E-state index in [-0.39, 0.29) is 29.1 Å². The minimum Gasteiger partial charge on any atom is -0.496 e. The molecule has 3 aliphatic carbocycles. The van der Waals surface area contributed by atoms with Gasteiger partial charge >= 0.3 is 5.97 Å². The standard InChI is InChI=1S/C34H35NO4/c1-22-13-15-25(19-23(22)2)33-18-17-28(26-10-6-7-11-27(26)33)34(32(37)39-4)21-35(20-30(33)34)31(36)16-14-24-9-5-8-12-29(24)38-3/h5-16,19,28,30H,17-18,20-21H2,1-4H3/b16-14+/t28-,30-,33-,34-/m0/s1. The third-order valence-corrected chi connectivity index (χ3v) is 9.78. The average Bonchev–Trinajstić information content (AvgIpc) is 3.41. The number of aryl methyl sites for hydroxylation is 2. The first-order chi connectivity index (χ1) is 18.9. The molecule has 0 spiro atoms. The van der Waals surface area contributed by atoms with Crippen LogP contribution in [-0.4, -0.2) is 44.1 Å². The summed E-state index contributed by atoms with van der Waals surface area (Å²) in [6, 6.07) is 23.0. The van der Waals surface area contributed by atoms with Gasteiger partial charge in [0.1, 0.15) is 5.75 Å². The molecule has 5 nitrogen and oxygen atoms in total. The Labute approximate surface area is 230 Å². The van der Waals surface area contributed by atoms with Crippen LogP contribution in [-0.2, 0) is 19.7 Å². The quantitative estimate of drug-likeness (QED) is 0.314. The van der Waals surface area contributed by atoms with Gasteiger partial charge < -0.3 is 14.4 Å². The number of carbonyl (C=O) groups is 2. The van der Waals surface area contributed by atoms with Crippen LogP contribution in [0.1, 0.15) is 52.1 Å². The van der Waals surface area contributed by atoms with Crippen LogP contribution in [0, 0.1) is 25.2 Å². The molecule has 2 bridgehead atoms. The Balaban J connectivity index is 1.48. The zero-order valence-electron chi connectivity index (χ0n) is 23.1. The normalized spacial score (nSPS) is 26.8. The van der Waals surface area contributed by atoms with E-state index >= 15 is 0 Å². The summed E-state index contributed by atoms with van der Waals surface area (Å²) >= 11 is 0. The molecule has 5 heteroatoms. The molecule has 0 radical (unpaired) electrons. The topological polar surface area (TPSA) is 55.8 Å². The maximum absolute atomic E-state index is 13.9. The Bertz CT molecular complexity index is 1490. The molecule has 7 rings (SSSR count). The van der Waals surface area contributed by atoms with Crippen molar-refractivity contribution in [2.45, 2.75) is 38.0 Å². The van der Waals surface area contributed by atoms with E-state index in [4.69, 9.17) is 9.47 Å². The van der Waals surface area contributed by atoms with E-state index in [1.54, 1.807) is 19.3 Å². The highest BCUT2D eigenvalue weighted by atomic mass is 16.5. The molecular weight excluding hydrogens is 486 g/mol. The monoisotopic (exact) mass is 521 g/mol. The van der Waals surface area contributed by atoms with Crippen molar-refractivity contribution in [1.29, 1.82) is 0 Å². The number of hydrogen-bond donors (Lipinski definition) is 0. The second-order valence-corrected chi connectivity index (χ2v) is 11.3. The number of ether oxygens (including phenoxy) is 2. The summed E-state index contributed by atoms with van der Waals surface area (Å²) in [5.41, 5.74) is 5.90. The maximum Gasteiger partial charge on any atom is 0.314 e. The van der Waals surface area contributed by atoms with E-state index in [1.165, 1.54) is 34.9 Å². The number of carbonyl (C=O) groups excluding carboxylic acids is 2. The zero-order chi connectivity index (χ0) is 27.4. The number of rotatable bonds is 5. The molecule has 3 aromatic carbocycles. The van der Waals surface area contributed by atoms with Crippen LogP contribution in [0.2, 0.25) is 0 Å². The average molecular weight is 522 g/mol. The molecule has 3 aromatic rings. The molecule has 4 atom stereocenters. The van der Waals surface area contributed by atoms with Gasteiger partial charge in [0.25, 0.3) is 0 Å². The number of hydrogen-bond acceptors (Lipinski definition) is 4. The first kappa shape index (κ1) is 25.4. The van der Waals surface area contributed by atoms with E-state index in [0.29, 0.717) is 18.8 Å². The Morgan fingerprint density at radius 2 is 1.74 bits per heavy atom. The summed E-state index contributed by atoms with van der Waals surface area (Å²) in [5.74, 6) is 0.332. The molecule has 39 heavy (non-hydrogen) atoms. The van der Waals surface area contributed by atoms with Gasteiger partial charge in [-0.05, 0) is 66.6 Å². The fourth-order valence-electron chi connectivity index (χ4n) is 7.89. The van der Waals surface area contributed by atoms with Crippen LogP contribution >= 0.6 is 0 Å². The van der Waals surface area contributed by atoms with Gasteiger partial charge in [0.15, 0.2) is 0 Å². The number of amides is 1. The van der Waals surface area contributed by atoms with E-state index in [2.05, 4.69) is 56.3 Å². The molecule has 1 amide bonds. The first-order valence-electron chi connectivity index (χ1n) is 13.7. The Kier molecular flexibility index (Phi) is 6.13. The van der Waals surface area contributed by atoms with Crippen LogP contribution < -0.4 is 4.74 Å². The van der Waals surface area contributed by atoms with Crippen LogP contribution in [0.3, 0.4) is 0 Å². The van der Waals surface area contributed by atoms with Crippen molar-refractivity contribution in [2.24, 2.45) is 11.3 Å². The largest absolute Gasteiger partial charge is 0.496 e. The third kappa shape index (κ3) is 3.59. The molecule has 4 aliphatic rings. The molecule has 0 unspecified atom stereocenters. The highest BCUT2D eigenvalue weighted by molar-refractivity contribution is 5.94. The van der Waals surface area contributed by atoms with Crippen LogP contribution in [0.4, 0.5) is 0 Å². The van der Waals surface area contributed by atoms with Gasteiger partial charge in [-0.2, -0.15) is 0 Å². The number of benzene rings is 3. The summed E-state index contributed by atoms with van der Waals surface area (Å²) in [6.45, 7) is 5.13. The van der Waals surface area contributed by atoms with Crippen molar-refractivity contribution in [1.82, 2.24) is 4.90 Å². The van der Waals surface area contributed by atoms with Gasteiger partial charge in [-0.25, -0.2) is 0 Å². The third-order valence-electron chi connectivity index (χ3n) is 9.78. The second-order valence-electron chi connectivity index (χ2n) is 11.3. The molecule has 1 aliphatic heterocycles. The summed E-state index contributed by atoms with van der Waals surface area (Å²) in [7, 11) is 3.11. The van der Waals surface area contributed by atoms with E-state index < -0.39 is 5.41 Å². The Morgan fingerprint density at radius 1 is 0.974 bits per heavy atom. The SMILES string of the molecule is COC(=O)[C@]12CN(C(=O)/C=C/c3ccccc3OC)C[C@H]1[C@]1(c3ccc(C)c(C)c3)CC[C@H]2c2ccccc21. The molecule has 1 saturated carbocycles. The lowest BCUT2D eigenvalue weighted by Crippen LogP contribution is -2.60. The molecule has 1 heterocycles. The fraction of sp³-hybridized carbons (Fsp3) is 0.353. The van der Waals surface area contributed by atoms with Gasteiger partial charge in [-0.1, -0.05) is 60.7 Å². The van der Waals surface area contributed by atoms with Crippen molar-refractivity contribution in [3.63, 3.8) is 0 Å². The maximum atomic E-state index is 13.9. The Hall–Kier alpha value is -3.86. The van der Waals surface area contributed by atoms with Crippen molar-refractivity contribution < 1.29 is 19.1 Å². The van der Waals surface area contributed by atoms with Crippen molar-refractivity contribution >= 4 is 18.0 Å². The van der Waals surface area contributed by atoms with Crippen molar-refractivity contribution in [3.8, 4) is 5.75 Å². The van der Waals surface area contributed by atoms with Gasteiger partial charge in [-0.15, -0.1) is 0 Å². The zero-order valence-corrected chi connectivity index (χ0v) is 23.1. The molecule has 0 N–H and O–H groups in total. The number of fused-ring (bicyclic) bond motifs is 1. The van der Waals surface area contributed by atoms with E-state index in [1.807, 2.05) is 29.2 Å². The van der Waals surface area contributed by atoms with E-state index in [0.717, 1.165) is 18.4 Å². The van der Waals surface area contributed by atoms with Gasteiger partial charge in [0, 0.05) is 42.0 Å². The number of likely N-dealkylation sites (tertiary alicyclic amines) is 1. The van der Waals surface area contributed by atoms with Gasteiger partial charge in [0.2, 0.25) is 5.91 Å². The lowest BCUT2D eigenvalue weighted by molar-refractivity contribution is -0.161. The minimum absolute atomic E-state index is 0.00978. The predicted molar refractivity (Wildman–Crippen MR) is 152 cm³/mol. The lowest BCUT2D eigenvalue weighted by atomic mass is 9.42. The molecule has 2 fully saturated rings. The van der Waals surface area contributed by atoms with E-state index in [9.17, 15) is 9.59 Å². The predicted octanol–water partition coefficient (Wildman–Crippen LogP) is 5.82. The molecule has 0 aromatic heterocycles. The van der Waals surface area contributed by atoms with Crippen molar-refractivity contribution in [2.75, 3.05) is 27.3 Å². The van der Waals surface area contributed by atoms with Crippen molar-refractivity contribution in [3.05, 3.63) is 106 Å². The summed E-state index contributed by atoms with van der Waals surface area (Å²) in [6.07, 6.45) is 5.24. The van der Waals surface area contributed by atoms with Gasteiger partial charge in [-0.3, -0.25) is 9.59 Å². The fourth-order valence-corrected chi connectivity index (χ4v) is 7.89. The summed E-state index contributed by atoms with van der Waals surface area (Å²) < 4.78 is 11.0. The Morgan fingerprint density at radius 3 is 2.51 bits per heavy atom. The van der Waals surface area contributed by atoms with Crippen LogP contribution in [0.15, 0.2) is 72.8 Å². The summed E-state index contributed by atoms with van der Waals surface area (Å²) in [4.78, 5) is 29.5. The second kappa shape index (κ2) is 9.41.